The Kier molecular flexibility index (Phi) is 3.86. The van der Waals surface area contributed by atoms with E-state index in [9.17, 15) is 0 Å². The van der Waals surface area contributed by atoms with E-state index in [4.69, 9.17) is 17.3 Å². The van der Waals surface area contributed by atoms with Gasteiger partial charge in [-0.3, -0.25) is 0 Å². The maximum absolute atomic E-state index is 6.03. The summed E-state index contributed by atoms with van der Waals surface area (Å²) in [5.74, 6) is 0. The molecule has 0 spiro atoms. The second-order valence-corrected chi connectivity index (χ2v) is 3.36. The van der Waals surface area contributed by atoms with Gasteiger partial charge in [0.2, 0.25) is 0 Å². The Bertz CT molecular complexity index is 79.1. The van der Waals surface area contributed by atoms with E-state index in [0.717, 1.165) is 12.8 Å². The van der Waals surface area contributed by atoms with Crippen molar-refractivity contribution in [3.05, 3.63) is 0 Å². The average Bonchev–Trinajstić information content (AvgIpc) is 2.17. The fourth-order valence-corrected chi connectivity index (χ4v) is 1.48. The van der Waals surface area contributed by atoms with Gasteiger partial charge in [0, 0.05) is 6.54 Å². The predicted octanol–water partition coefficient (Wildman–Crippen LogP) is 1.92. The van der Waals surface area contributed by atoms with Gasteiger partial charge in [-0.1, -0.05) is 12.8 Å². The van der Waals surface area contributed by atoms with Gasteiger partial charge in [-0.25, -0.2) is 0 Å². The van der Waals surface area contributed by atoms with Gasteiger partial charge in [-0.05, 0) is 12.8 Å². The van der Waals surface area contributed by atoms with Gasteiger partial charge >= 0.3 is 0 Å². The van der Waals surface area contributed by atoms with E-state index in [1.165, 1.54) is 12.8 Å². The molecule has 0 heterocycles. The Morgan fingerprint density at radius 1 is 1.33 bits per heavy atom. The third-order valence-corrected chi connectivity index (χ3v) is 2.40. The quantitative estimate of drug-likeness (QED) is 0.597. The van der Waals surface area contributed by atoms with Crippen molar-refractivity contribution < 1.29 is 0 Å². The molecule has 1 aliphatic carbocycles. The molecule has 1 fully saturated rings. The summed E-state index contributed by atoms with van der Waals surface area (Å²) in [6.07, 6.45) is 4.76. The number of hydrogen-bond acceptors (Lipinski definition) is 1. The van der Waals surface area contributed by atoms with E-state index < -0.39 is 0 Å². The molecule has 0 aromatic carbocycles. The molecule has 56 valence electrons. The summed E-state index contributed by atoms with van der Waals surface area (Å²) in [5.41, 5.74) is 5.44. The molecule has 1 nitrogen and oxygen atoms in total. The van der Waals surface area contributed by atoms with Crippen molar-refractivity contribution in [2.45, 2.75) is 30.6 Å². The molecule has 0 atom stereocenters. The molecule has 0 radical (unpaired) electrons. The Morgan fingerprint density at radius 3 is 2.00 bits per heavy atom. The highest BCUT2D eigenvalue weighted by Gasteiger charge is 2.29. The first-order chi connectivity index (χ1) is 3.77. The molecular formula is C6H13Cl2N. The van der Waals surface area contributed by atoms with E-state index in [1.54, 1.807) is 0 Å². The number of hydrogen-bond donors (Lipinski definition) is 1. The summed E-state index contributed by atoms with van der Waals surface area (Å²) in [5, 5.41) is 0. The molecule has 1 aliphatic rings. The Balaban J connectivity index is 0.000000640. The Hall–Kier alpha value is 0.540. The van der Waals surface area contributed by atoms with Crippen LogP contribution in [0.2, 0.25) is 0 Å². The van der Waals surface area contributed by atoms with Crippen LogP contribution in [0.4, 0.5) is 0 Å². The lowest BCUT2D eigenvalue weighted by Gasteiger charge is -2.16. The first kappa shape index (κ1) is 9.54. The van der Waals surface area contributed by atoms with E-state index in [1.807, 2.05) is 0 Å². The molecular weight excluding hydrogens is 157 g/mol. The van der Waals surface area contributed by atoms with Gasteiger partial charge in [0.15, 0.2) is 0 Å². The first-order valence-corrected chi connectivity index (χ1v) is 3.54. The van der Waals surface area contributed by atoms with Crippen molar-refractivity contribution in [1.82, 2.24) is 0 Å². The van der Waals surface area contributed by atoms with Crippen LogP contribution in [0.15, 0.2) is 0 Å². The van der Waals surface area contributed by atoms with Crippen LogP contribution >= 0.6 is 24.0 Å². The largest absolute Gasteiger partial charge is 0.329 e. The summed E-state index contributed by atoms with van der Waals surface area (Å²) in [6.45, 7) is 0.647. The monoisotopic (exact) mass is 169 g/mol. The summed E-state index contributed by atoms with van der Waals surface area (Å²) >= 11 is 6.03. The standard InChI is InChI=1S/C6H12ClN.ClH/c7-6(5-8)3-1-2-4-6;/h1-5,8H2;1H. The fourth-order valence-electron chi connectivity index (χ4n) is 1.21. The van der Waals surface area contributed by atoms with Crippen LogP contribution in [0.25, 0.3) is 0 Å². The molecule has 0 unspecified atom stereocenters. The minimum Gasteiger partial charge on any atom is -0.329 e. The number of rotatable bonds is 1. The lowest BCUT2D eigenvalue weighted by molar-refractivity contribution is 0.606. The first-order valence-electron chi connectivity index (χ1n) is 3.16. The zero-order chi connectivity index (χ0) is 6.04. The van der Waals surface area contributed by atoms with E-state index >= 15 is 0 Å². The van der Waals surface area contributed by atoms with Crippen LogP contribution in [0.1, 0.15) is 25.7 Å². The molecule has 1 saturated carbocycles. The van der Waals surface area contributed by atoms with Crippen LogP contribution in [0, 0.1) is 0 Å². The molecule has 3 heteroatoms. The zero-order valence-corrected chi connectivity index (χ0v) is 6.97. The molecule has 0 bridgehead atoms. The number of alkyl halides is 1. The molecule has 0 aromatic heterocycles. The van der Waals surface area contributed by atoms with Crippen LogP contribution in [-0.4, -0.2) is 11.4 Å². The van der Waals surface area contributed by atoms with Crippen molar-refractivity contribution in [2.24, 2.45) is 5.73 Å². The van der Waals surface area contributed by atoms with Crippen molar-refractivity contribution in [3.63, 3.8) is 0 Å². The third-order valence-electron chi connectivity index (χ3n) is 1.87. The Morgan fingerprint density at radius 2 is 1.78 bits per heavy atom. The highest BCUT2D eigenvalue weighted by atomic mass is 35.5. The average molecular weight is 170 g/mol. The predicted molar refractivity (Wildman–Crippen MR) is 43.4 cm³/mol. The van der Waals surface area contributed by atoms with Crippen molar-refractivity contribution in [3.8, 4) is 0 Å². The number of nitrogens with two attached hydrogens (primary N) is 1. The molecule has 0 saturated heterocycles. The molecule has 0 aliphatic heterocycles. The molecule has 9 heavy (non-hydrogen) atoms. The zero-order valence-electron chi connectivity index (χ0n) is 5.40. The molecule has 0 aromatic rings. The summed E-state index contributed by atoms with van der Waals surface area (Å²) in [4.78, 5) is -0.0139. The second kappa shape index (κ2) is 3.65. The maximum Gasteiger partial charge on any atom is 0.0568 e. The van der Waals surface area contributed by atoms with Crippen LogP contribution in [0.5, 0.6) is 0 Å². The smallest absolute Gasteiger partial charge is 0.0568 e. The molecule has 1 rings (SSSR count). The fraction of sp³-hybridized carbons (Fsp3) is 1.00. The van der Waals surface area contributed by atoms with Gasteiger partial charge in [-0.2, -0.15) is 0 Å². The minimum atomic E-state index is -0.0139. The van der Waals surface area contributed by atoms with E-state index in [0.29, 0.717) is 6.54 Å². The maximum atomic E-state index is 6.03. The highest BCUT2D eigenvalue weighted by Crippen LogP contribution is 2.34. The van der Waals surface area contributed by atoms with E-state index in [-0.39, 0.29) is 17.3 Å². The van der Waals surface area contributed by atoms with Gasteiger partial charge in [0.05, 0.1) is 4.87 Å². The van der Waals surface area contributed by atoms with Crippen LogP contribution < -0.4 is 5.73 Å². The summed E-state index contributed by atoms with van der Waals surface area (Å²) < 4.78 is 0. The minimum absolute atomic E-state index is 0. The van der Waals surface area contributed by atoms with Crippen LogP contribution in [-0.2, 0) is 0 Å². The lowest BCUT2D eigenvalue weighted by Crippen LogP contribution is -2.27. The van der Waals surface area contributed by atoms with Gasteiger partial charge < -0.3 is 5.73 Å². The van der Waals surface area contributed by atoms with Gasteiger partial charge in [-0.15, -0.1) is 24.0 Å². The molecule has 2 N–H and O–H groups in total. The summed E-state index contributed by atoms with van der Waals surface area (Å²) in [7, 11) is 0. The van der Waals surface area contributed by atoms with Crippen LogP contribution in [0.3, 0.4) is 0 Å². The van der Waals surface area contributed by atoms with Gasteiger partial charge in [0.1, 0.15) is 0 Å². The summed E-state index contributed by atoms with van der Waals surface area (Å²) in [6, 6.07) is 0. The van der Waals surface area contributed by atoms with Crippen molar-refractivity contribution in [1.29, 1.82) is 0 Å². The van der Waals surface area contributed by atoms with Crippen molar-refractivity contribution >= 4 is 24.0 Å². The topological polar surface area (TPSA) is 26.0 Å². The normalized spacial score (nSPS) is 23.3. The molecule has 0 amide bonds. The second-order valence-electron chi connectivity index (χ2n) is 2.56. The van der Waals surface area contributed by atoms with E-state index in [2.05, 4.69) is 0 Å². The SMILES string of the molecule is Cl.NCC1(Cl)CCCC1. The third kappa shape index (κ3) is 2.32. The highest BCUT2D eigenvalue weighted by molar-refractivity contribution is 6.24. The lowest BCUT2D eigenvalue weighted by atomic mass is 10.1. The Labute approximate surface area is 67.4 Å². The van der Waals surface area contributed by atoms with Crippen molar-refractivity contribution in [2.75, 3.05) is 6.54 Å². The van der Waals surface area contributed by atoms with Gasteiger partial charge in [0.25, 0.3) is 0 Å². The number of halogens is 2.